The van der Waals surface area contributed by atoms with E-state index >= 15 is 0 Å². The minimum atomic E-state index is -0.409. The SMILES string of the molecule is CCc1nn(Cc2ccc(Br)cc2)c(CC)c1C(O)CC. The Hall–Kier alpha value is -1.13. The average molecular weight is 351 g/mol. The maximum absolute atomic E-state index is 10.3. The minimum absolute atomic E-state index is 0.409. The third-order valence-corrected chi connectivity index (χ3v) is 4.34. The Labute approximate surface area is 135 Å². The van der Waals surface area contributed by atoms with Crippen LogP contribution in [0.5, 0.6) is 0 Å². The van der Waals surface area contributed by atoms with Crippen molar-refractivity contribution in [3.05, 3.63) is 51.3 Å². The molecule has 0 fully saturated rings. The third kappa shape index (κ3) is 3.55. The summed E-state index contributed by atoms with van der Waals surface area (Å²) >= 11 is 3.46. The van der Waals surface area contributed by atoms with Gasteiger partial charge in [0.1, 0.15) is 0 Å². The molecule has 0 amide bonds. The summed E-state index contributed by atoms with van der Waals surface area (Å²) in [6.45, 7) is 6.98. The van der Waals surface area contributed by atoms with Crippen molar-refractivity contribution >= 4 is 15.9 Å². The van der Waals surface area contributed by atoms with E-state index in [0.717, 1.165) is 47.2 Å². The van der Waals surface area contributed by atoms with Crippen LogP contribution in [0.25, 0.3) is 0 Å². The topological polar surface area (TPSA) is 38.0 Å². The highest BCUT2D eigenvalue weighted by Gasteiger charge is 2.20. The first kappa shape index (κ1) is 16.2. The van der Waals surface area contributed by atoms with Gasteiger partial charge in [-0.15, -0.1) is 0 Å². The number of aryl methyl sites for hydroxylation is 1. The average Bonchev–Trinajstić information content (AvgIpc) is 2.86. The molecule has 1 unspecified atom stereocenters. The molecule has 21 heavy (non-hydrogen) atoms. The number of hydrogen-bond donors (Lipinski definition) is 1. The van der Waals surface area contributed by atoms with E-state index in [9.17, 15) is 5.11 Å². The highest BCUT2D eigenvalue weighted by molar-refractivity contribution is 9.10. The molecule has 4 heteroatoms. The largest absolute Gasteiger partial charge is 0.388 e. The number of nitrogens with zero attached hydrogens (tertiary/aromatic N) is 2. The fraction of sp³-hybridized carbons (Fsp3) is 0.471. The molecule has 0 aliphatic rings. The lowest BCUT2D eigenvalue weighted by Gasteiger charge is -2.12. The van der Waals surface area contributed by atoms with Gasteiger partial charge in [-0.1, -0.05) is 48.8 Å². The molecule has 0 spiro atoms. The van der Waals surface area contributed by atoms with E-state index in [-0.39, 0.29) is 0 Å². The second-order valence-corrected chi connectivity index (χ2v) is 6.14. The zero-order valence-corrected chi connectivity index (χ0v) is 14.5. The zero-order chi connectivity index (χ0) is 15.4. The van der Waals surface area contributed by atoms with Crippen LogP contribution in [0, 0.1) is 0 Å². The van der Waals surface area contributed by atoms with Crippen LogP contribution in [0.15, 0.2) is 28.7 Å². The Morgan fingerprint density at radius 1 is 1.14 bits per heavy atom. The summed E-state index contributed by atoms with van der Waals surface area (Å²) < 4.78 is 3.13. The first-order chi connectivity index (χ1) is 10.1. The summed E-state index contributed by atoms with van der Waals surface area (Å²) in [6.07, 6.45) is 2.06. The summed E-state index contributed by atoms with van der Waals surface area (Å²) in [5.74, 6) is 0. The standard InChI is InChI=1S/C17H23BrN2O/c1-4-14-17(16(21)6-3)15(5-2)20(19-14)11-12-7-9-13(18)10-8-12/h7-10,16,21H,4-6,11H2,1-3H3. The molecule has 0 aliphatic carbocycles. The second kappa shape index (κ2) is 7.23. The van der Waals surface area contributed by atoms with Crippen LogP contribution in [0.4, 0.5) is 0 Å². The number of aliphatic hydroxyl groups is 1. The summed E-state index contributed by atoms with van der Waals surface area (Å²) in [5, 5.41) is 15.0. The van der Waals surface area contributed by atoms with E-state index < -0.39 is 6.10 Å². The maximum atomic E-state index is 10.3. The molecule has 2 rings (SSSR count). The van der Waals surface area contributed by atoms with Gasteiger partial charge in [0.2, 0.25) is 0 Å². The molecule has 1 atom stereocenters. The number of benzene rings is 1. The smallest absolute Gasteiger partial charge is 0.0823 e. The number of rotatable bonds is 6. The van der Waals surface area contributed by atoms with Gasteiger partial charge in [-0.2, -0.15) is 5.10 Å². The molecule has 1 heterocycles. The summed E-state index contributed by atoms with van der Waals surface area (Å²) in [5.41, 5.74) is 4.44. The molecule has 0 bridgehead atoms. The molecule has 0 saturated heterocycles. The van der Waals surface area contributed by atoms with E-state index in [1.165, 1.54) is 5.56 Å². The van der Waals surface area contributed by atoms with Gasteiger partial charge in [0.15, 0.2) is 0 Å². The first-order valence-corrected chi connectivity index (χ1v) is 8.40. The lowest BCUT2D eigenvalue weighted by atomic mass is 10.0. The zero-order valence-electron chi connectivity index (χ0n) is 12.9. The number of hydrogen-bond acceptors (Lipinski definition) is 2. The molecular weight excluding hydrogens is 328 g/mol. The van der Waals surface area contributed by atoms with Gasteiger partial charge >= 0.3 is 0 Å². The van der Waals surface area contributed by atoms with Gasteiger partial charge in [0.05, 0.1) is 18.3 Å². The number of aliphatic hydroxyl groups excluding tert-OH is 1. The van der Waals surface area contributed by atoms with Gasteiger partial charge in [0, 0.05) is 15.7 Å². The highest BCUT2D eigenvalue weighted by Crippen LogP contribution is 2.26. The van der Waals surface area contributed by atoms with Gasteiger partial charge in [-0.25, -0.2) is 0 Å². The fourth-order valence-corrected chi connectivity index (χ4v) is 2.95. The quantitative estimate of drug-likeness (QED) is 0.844. The molecule has 0 saturated carbocycles. The van der Waals surface area contributed by atoms with Crippen LogP contribution in [-0.2, 0) is 19.4 Å². The van der Waals surface area contributed by atoms with Crippen molar-refractivity contribution < 1.29 is 5.11 Å². The molecule has 1 aromatic carbocycles. The molecule has 1 aromatic heterocycles. The van der Waals surface area contributed by atoms with E-state index in [1.54, 1.807) is 0 Å². The fourth-order valence-electron chi connectivity index (χ4n) is 2.68. The molecule has 3 nitrogen and oxygen atoms in total. The highest BCUT2D eigenvalue weighted by atomic mass is 79.9. The Kier molecular flexibility index (Phi) is 5.59. The van der Waals surface area contributed by atoms with Crippen LogP contribution in [-0.4, -0.2) is 14.9 Å². The summed E-state index contributed by atoms with van der Waals surface area (Å²) in [4.78, 5) is 0. The van der Waals surface area contributed by atoms with Crippen LogP contribution in [0.1, 0.15) is 55.8 Å². The number of aromatic nitrogens is 2. The van der Waals surface area contributed by atoms with E-state index in [0.29, 0.717) is 0 Å². The summed E-state index contributed by atoms with van der Waals surface area (Å²) in [6, 6.07) is 8.31. The monoisotopic (exact) mass is 350 g/mol. The van der Waals surface area contributed by atoms with Crippen LogP contribution < -0.4 is 0 Å². The van der Waals surface area contributed by atoms with Crippen molar-refractivity contribution in [1.82, 2.24) is 9.78 Å². The Morgan fingerprint density at radius 3 is 2.33 bits per heavy atom. The molecule has 2 aromatic rings. The molecule has 114 valence electrons. The van der Waals surface area contributed by atoms with Crippen molar-refractivity contribution in [3.63, 3.8) is 0 Å². The number of halogens is 1. The molecular formula is C17H23BrN2O. The lowest BCUT2D eigenvalue weighted by molar-refractivity contribution is 0.171. The van der Waals surface area contributed by atoms with Crippen molar-refractivity contribution in [2.75, 3.05) is 0 Å². The van der Waals surface area contributed by atoms with E-state index in [4.69, 9.17) is 5.10 Å². The maximum Gasteiger partial charge on any atom is 0.0823 e. The van der Waals surface area contributed by atoms with E-state index in [1.807, 2.05) is 19.1 Å². The van der Waals surface area contributed by atoms with Crippen LogP contribution in [0.2, 0.25) is 0 Å². The predicted molar refractivity (Wildman–Crippen MR) is 89.5 cm³/mol. The van der Waals surface area contributed by atoms with Crippen LogP contribution in [0.3, 0.4) is 0 Å². The molecule has 0 radical (unpaired) electrons. The van der Waals surface area contributed by atoms with Crippen molar-refractivity contribution in [2.24, 2.45) is 0 Å². The Bertz CT molecular complexity index is 590. The van der Waals surface area contributed by atoms with Crippen molar-refractivity contribution in [2.45, 2.75) is 52.7 Å². The van der Waals surface area contributed by atoms with Crippen LogP contribution >= 0.6 is 15.9 Å². The van der Waals surface area contributed by atoms with Gasteiger partial charge < -0.3 is 5.11 Å². The minimum Gasteiger partial charge on any atom is -0.388 e. The second-order valence-electron chi connectivity index (χ2n) is 5.22. The van der Waals surface area contributed by atoms with Gasteiger partial charge in [-0.05, 0) is 37.0 Å². The first-order valence-electron chi connectivity index (χ1n) is 7.61. The normalized spacial score (nSPS) is 12.6. The lowest BCUT2D eigenvalue weighted by Crippen LogP contribution is -2.08. The van der Waals surface area contributed by atoms with Crippen molar-refractivity contribution in [3.8, 4) is 0 Å². The van der Waals surface area contributed by atoms with E-state index in [2.05, 4.69) is 46.6 Å². The molecule has 1 N–H and O–H groups in total. The predicted octanol–water partition coefficient (Wildman–Crippen LogP) is 4.26. The third-order valence-electron chi connectivity index (χ3n) is 3.81. The Balaban J connectivity index is 2.39. The van der Waals surface area contributed by atoms with Gasteiger partial charge in [0.25, 0.3) is 0 Å². The van der Waals surface area contributed by atoms with Crippen molar-refractivity contribution in [1.29, 1.82) is 0 Å². The summed E-state index contributed by atoms with van der Waals surface area (Å²) in [7, 11) is 0. The molecule has 0 aliphatic heterocycles. The Morgan fingerprint density at radius 2 is 1.81 bits per heavy atom. The van der Waals surface area contributed by atoms with Gasteiger partial charge in [-0.3, -0.25) is 4.68 Å².